The SMILES string of the molecule is CN(Cc1cccnc1)S(=O)(=O)c1cnn(CC(=O)O)c1. The van der Waals surface area contributed by atoms with Crippen LogP contribution in [0.5, 0.6) is 0 Å². The Labute approximate surface area is 121 Å². The van der Waals surface area contributed by atoms with Crippen LogP contribution in [0.1, 0.15) is 5.56 Å². The molecule has 0 saturated heterocycles. The van der Waals surface area contributed by atoms with Crippen LogP contribution >= 0.6 is 0 Å². The molecule has 0 radical (unpaired) electrons. The predicted octanol–water partition coefficient (Wildman–Crippen LogP) is 0.183. The summed E-state index contributed by atoms with van der Waals surface area (Å²) < 4.78 is 26.9. The van der Waals surface area contributed by atoms with E-state index in [1.165, 1.54) is 13.2 Å². The van der Waals surface area contributed by atoms with E-state index in [4.69, 9.17) is 5.11 Å². The van der Waals surface area contributed by atoms with Crippen LogP contribution in [0.15, 0.2) is 41.8 Å². The molecule has 2 aromatic heterocycles. The maximum absolute atomic E-state index is 12.3. The molecule has 0 amide bonds. The van der Waals surface area contributed by atoms with Crippen molar-refractivity contribution in [1.29, 1.82) is 0 Å². The number of aromatic nitrogens is 3. The van der Waals surface area contributed by atoms with Crippen molar-refractivity contribution in [3.05, 3.63) is 42.5 Å². The van der Waals surface area contributed by atoms with Gasteiger partial charge in [-0.2, -0.15) is 9.40 Å². The van der Waals surface area contributed by atoms with Crippen molar-refractivity contribution in [1.82, 2.24) is 19.1 Å². The van der Waals surface area contributed by atoms with E-state index in [2.05, 4.69) is 10.1 Å². The summed E-state index contributed by atoms with van der Waals surface area (Å²) in [6.45, 7) is -0.220. The van der Waals surface area contributed by atoms with Gasteiger partial charge in [-0.3, -0.25) is 14.5 Å². The first-order valence-corrected chi connectivity index (χ1v) is 7.43. The maximum Gasteiger partial charge on any atom is 0.325 e. The second-order valence-electron chi connectivity index (χ2n) is 4.39. The monoisotopic (exact) mass is 310 g/mol. The minimum atomic E-state index is -3.72. The Hall–Kier alpha value is -2.26. The lowest BCUT2D eigenvalue weighted by Gasteiger charge is -2.15. The summed E-state index contributed by atoms with van der Waals surface area (Å²) in [5.74, 6) is -1.09. The number of carboxylic acid groups (broad SMARTS) is 1. The zero-order valence-corrected chi connectivity index (χ0v) is 12.1. The molecule has 0 spiro atoms. The normalized spacial score (nSPS) is 11.7. The highest BCUT2D eigenvalue weighted by molar-refractivity contribution is 7.89. The summed E-state index contributed by atoms with van der Waals surface area (Å²) in [6.07, 6.45) is 5.52. The van der Waals surface area contributed by atoms with Gasteiger partial charge in [-0.15, -0.1) is 0 Å². The molecule has 0 aliphatic carbocycles. The highest BCUT2D eigenvalue weighted by Crippen LogP contribution is 2.15. The number of sulfonamides is 1. The second-order valence-corrected chi connectivity index (χ2v) is 6.43. The molecule has 0 aromatic carbocycles. The number of rotatable bonds is 6. The Balaban J connectivity index is 2.17. The van der Waals surface area contributed by atoms with E-state index in [9.17, 15) is 13.2 Å². The molecule has 0 aliphatic rings. The first kappa shape index (κ1) is 15.1. The van der Waals surface area contributed by atoms with Crippen LogP contribution in [0, 0.1) is 0 Å². The third-order valence-electron chi connectivity index (χ3n) is 2.74. The first-order valence-electron chi connectivity index (χ1n) is 5.99. The van der Waals surface area contributed by atoms with E-state index in [1.54, 1.807) is 24.5 Å². The summed E-state index contributed by atoms with van der Waals surface area (Å²) >= 11 is 0. The van der Waals surface area contributed by atoms with E-state index >= 15 is 0 Å². The van der Waals surface area contributed by atoms with E-state index in [-0.39, 0.29) is 18.0 Å². The number of carboxylic acids is 1. The topological polar surface area (TPSA) is 105 Å². The zero-order chi connectivity index (χ0) is 15.5. The molecular formula is C12H14N4O4S. The average molecular weight is 310 g/mol. The van der Waals surface area contributed by atoms with Crippen molar-refractivity contribution in [3.8, 4) is 0 Å². The lowest BCUT2D eigenvalue weighted by atomic mass is 10.3. The van der Waals surface area contributed by atoms with Gasteiger partial charge in [0.2, 0.25) is 10.0 Å². The van der Waals surface area contributed by atoms with E-state index in [0.717, 1.165) is 20.7 Å². The van der Waals surface area contributed by atoms with Crippen molar-refractivity contribution < 1.29 is 18.3 Å². The van der Waals surface area contributed by atoms with E-state index in [0.29, 0.717) is 0 Å². The van der Waals surface area contributed by atoms with Crippen molar-refractivity contribution in [2.75, 3.05) is 7.05 Å². The number of pyridine rings is 1. The molecule has 0 bridgehead atoms. The summed E-state index contributed by atoms with van der Waals surface area (Å²) in [5, 5.41) is 12.4. The summed E-state index contributed by atoms with van der Waals surface area (Å²) in [5.41, 5.74) is 0.751. The molecule has 9 heteroatoms. The molecule has 21 heavy (non-hydrogen) atoms. The third kappa shape index (κ3) is 3.64. The van der Waals surface area contributed by atoms with Gasteiger partial charge in [-0.05, 0) is 11.6 Å². The van der Waals surface area contributed by atoms with Crippen LogP contribution in [0.25, 0.3) is 0 Å². The van der Waals surface area contributed by atoms with Gasteiger partial charge in [0.25, 0.3) is 0 Å². The molecular weight excluding hydrogens is 296 g/mol. The first-order chi connectivity index (χ1) is 9.89. The molecule has 2 aromatic rings. The van der Waals surface area contributed by atoms with Crippen molar-refractivity contribution >= 4 is 16.0 Å². The molecule has 0 aliphatic heterocycles. The molecule has 8 nitrogen and oxygen atoms in total. The van der Waals surface area contributed by atoms with Crippen molar-refractivity contribution in [3.63, 3.8) is 0 Å². The summed E-state index contributed by atoms with van der Waals surface area (Å²) in [7, 11) is -2.28. The lowest BCUT2D eigenvalue weighted by molar-refractivity contribution is -0.137. The predicted molar refractivity (Wildman–Crippen MR) is 72.8 cm³/mol. The fourth-order valence-electron chi connectivity index (χ4n) is 1.72. The standard InChI is InChI=1S/C12H14N4O4S/c1-15(7-10-3-2-4-13-5-10)21(19,20)11-6-14-16(8-11)9-12(17)18/h2-6,8H,7,9H2,1H3,(H,17,18). The molecule has 2 heterocycles. The fraction of sp³-hybridized carbons (Fsp3) is 0.250. The van der Waals surface area contributed by atoms with Crippen molar-refractivity contribution in [2.24, 2.45) is 0 Å². The molecule has 0 fully saturated rings. The zero-order valence-electron chi connectivity index (χ0n) is 11.2. The number of carbonyl (C=O) groups is 1. The Morgan fingerprint density at radius 3 is 2.81 bits per heavy atom. The molecule has 1 N–H and O–H groups in total. The van der Waals surface area contributed by atoms with Crippen molar-refractivity contribution in [2.45, 2.75) is 18.0 Å². The highest BCUT2D eigenvalue weighted by atomic mass is 32.2. The number of nitrogens with zero attached hydrogens (tertiary/aromatic N) is 4. The quantitative estimate of drug-likeness (QED) is 0.816. The minimum Gasteiger partial charge on any atom is -0.480 e. The van der Waals surface area contributed by atoms with Crippen LogP contribution in [0.4, 0.5) is 0 Å². The smallest absolute Gasteiger partial charge is 0.325 e. The lowest BCUT2D eigenvalue weighted by Crippen LogP contribution is -2.26. The minimum absolute atomic E-state index is 0.0462. The molecule has 0 atom stereocenters. The highest BCUT2D eigenvalue weighted by Gasteiger charge is 2.23. The second kappa shape index (κ2) is 6.02. The van der Waals surface area contributed by atoms with Crippen LogP contribution in [-0.4, -0.2) is 45.6 Å². The number of hydrogen-bond donors (Lipinski definition) is 1. The van der Waals surface area contributed by atoms with E-state index < -0.39 is 16.0 Å². The molecule has 0 unspecified atom stereocenters. The average Bonchev–Trinajstić information content (AvgIpc) is 2.88. The van der Waals surface area contributed by atoms with E-state index in [1.807, 2.05) is 0 Å². The third-order valence-corrected chi connectivity index (χ3v) is 4.50. The van der Waals surface area contributed by atoms with Gasteiger partial charge in [0.05, 0.1) is 6.20 Å². The van der Waals surface area contributed by atoms with Crippen LogP contribution in [0.3, 0.4) is 0 Å². The van der Waals surface area contributed by atoms with Gasteiger partial charge >= 0.3 is 5.97 Å². The van der Waals surface area contributed by atoms with Gasteiger partial charge in [0, 0.05) is 32.2 Å². The van der Waals surface area contributed by atoms with Crippen LogP contribution in [0.2, 0.25) is 0 Å². The van der Waals surface area contributed by atoms with Crippen LogP contribution < -0.4 is 0 Å². The Bertz CT molecular complexity index is 727. The number of hydrogen-bond acceptors (Lipinski definition) is 5. The Morgan fingerprint density at radius 2 is 2.19 bits per heavy atom. The van der Waals surface area contributed by atoms with Crippen LogP contribution in [-0.2, 0) is 27.9 Å². The maximum atomic E-state index is 12.3. The molecule has 112 valence electrons. The Morgan fingerprint density at radius 1 is 1.43 bits per heavy atom. The van der Waals surface area contributed by atoms with Gasteiger partial charge in [-0.25, -0.2) is 8.42 Å². The fourth-order valence-corrected chi connectivity index (χ4v) is 2.83. The molecule has 2 rings (SSSR count). The van der Waals surface area contributed by atoms with Gasteiger partial charge in [0.1, 0.15) is 11.4 Å². The van der Waals surface area contributed by atoms with Gasteiger partial charge in [0.15, 0.2) is 0 Å². The molecule has 0 saturated carbocycles. The number of aliphatic carboxylic acids is 1. The largest absolute Gasteiger partial charge is 0.480 e. The van der Waals surface area contributed by atoms with Gasteiger partial charge in [-0.1, -0.05) is 6.07 Å². The Kier molecular flexibility index (Phi) is 4.34. The summed E-state index contributed by atoms with van der Waals surface area (Å²) in [4.78, 5) is 14.5. The summed E-state index contributed by atoms with van der Waals surface area (Å²) in [6, 6.07) is 3.49. The van der Waals surface area contributed by atoms with Gasteiger partial charge < -0.3 is 5.11 Å².